The van der Waals surface area contributed by atoms with Crippen molar-refractivity contribution in [2.24, 2.45) is 0 Å². The van der Waals surface area contributed by atoms with Crippen LogP contribution in [0.1, 0.15) is 12.8 Å². The van der Waals surface area contributed by atoms with Gasteiger partial charge in [0.25, 0.3) is 0 Å². The lowest BCUT2D eigenvalue weighted by atomic mass is 10.2. The molecule has 0 aromatic carbocycles. The van der Waals surface area contributed by atoms with Crippen molar-refractivity contribution in [1.82, 2.24) is 4.90 Å². The van der Waals surface area contributed by atoms with Crippen molar-refractivity contribution < 1.29 is 9.53 Å². The van der Waals surface area contributed by atoms with Crippen molar-refractivity contribution in [3.8, 4) is 0 Å². The van der Waals surface area contributed by atoms with E-state index in [4.69, 9.17) is 27.9 Å². The Morgan fingerprint density at radius 1 is 1.71 bits per heavy atom. The molecule has 2 fully saturated rings. The highest BCUT2D eigenvalue weighted by Gasteiger charge is 2.52. The largest absolute Gasteiger partial charge is 0.442 e. The number of esters is 1. The second kappa shape index (κ2) is 3.96. The predicted octanol–water partition coefficient (Wildman–Crippen LogP) is 1.94. The van der Waals surface area contributed by atoms with Crippen LogP contribution in [0.25, 0.3) is 0 Å². The smallest absolute Gasteiger partial charge is 0.325 e. The summed E-state index contributed by atoms with van der Waals surface area (Å²) in [5.41, 5.74) is 0. The summed E-state index contributed by atoms with van der Waals surface area (Å²) in [6.07, 6.45) is 1.53. The Morgan fingerprint density at radius 3 is 3.07 bits per heavy atom. The first-order valence-electron chi connectivity index (χ1n) is 4.46. The topological polar surface area (TPSA) is 29.5 Å². The van der Waals surface area contributed by atoms with Crippen LogP contribution in [0.2, 0.25) is 0 Å². The number of halogens is 3. The van der Waals surface area contributed by atoms with Gasteiger partial charge in [-0.1, -0.05) is 22.6 Å². The maximum atomic E-state index is 11.5. The van der Waals surface area contributed by atoms with E-state index < -0.39 is 2.88 Å². The van der Waals surface area contributed by atoms with Gasteiger partial charge in [0.05, 0.1) is 5.88 Å². The first-order valence-corrected chi connectivity index (χ1v) is 6.45. The van der Waals surface area contributed by atoms with Gasteiger partial charge >= 0.3 is 5.97 Å². The number of hydrogen-bond acceptors (Lipinski definition) is 3. The zero-order valence-corrected chi connectivity index (χ0v) is 11.1. The van der Waals surface area contributed by atoms with Crippen molar-refractivity contribution in [3.63, 3.8) is 0 Å². The number of cyclic esters (lactones) is 1. The van der Waals surface area contributed by atoms with Crippen LogP contribution in [0.5, 0.6) is 0 Å². The summed E-state index contributed by atoms with van der Waals surface area (Å²) in [6, 6.07) is -0.0869. The highest BCUT2D eigenvalue weighted by Crippen LogP contribution is 2.41. The molecule has 0 aromatic heterocycles. The van der Waals surface area contributed by atoms with E-state index in [1.807, 2.05) is 27.5 Å². The monoisotopic (exact) mass is 349 g/mol. The standard InChI is InChI=1S/C8H10Cl2INO2/c9-4-8(10,11)7-12-3-1-2-5(12)6(13)14-7/h5,7H,1-4H2/t5-,7+,8?/m1/s1. The normalized spacial score (nSPS) is 36.6. The molecule has 1 unspecified atom stereocenters. The van der Waals surface area contributed by atoms with Crippen LogP contribution in [0.3, 0.4) is 0 Å². The Bertz CT molecular complexity index is 262. The molecule has 14 heavy (non-hydrogen) atoms. The summed E-state index contributed by atoms with van der Waals surface area (Å²) in [7, 11) is 0. The van der Waals surface area contributed by atoms with Gasteiger partial charge in [0.2, 0.25) is 0 Å². The lowest BCUT2D eigenvalue weighted by molar-refractivity contribution is -0.143. The van der Waals surface area contributed by atoms with Crippen molar-refractivity contribution in [2.75, 3.05) is 12.4 Å². The molecule has 3 nitrogen and oxygen atoms in total. The Morgan fingerprint density at radius 2 is 2.43 bits per heavy atom. The summed E-state index contributed by atoms with van der Waals surface area (Å²) >= 11 is 14.0. The minimum atomic E-state index is -0.714. The number of carbonyl (C=O) groups excluding carboxylic acids is 1. The number of rotatable bonds is 2. The maximum Gasteiger partial charge on any atom is 0.325 e. The number of fused-ring (bicyclic) bond motifs is 1. The zero-order chi connectivity index (χ0) is 10.3. The molecule has 80 valence electrons. The SMILES string of the molecule is O=C1O[C@@H](C(Cl)(I)CCl)N2CCC[C@H]12. The molecule has 2 saturated heterocycles. The second-order valence-electron chi connectivity index (χ2n) is 3.58. The summed E-state index contributed by atoms with van der Waals surface area (Å²) < 4.78 is 4.53. The number of carbonyl (C=O) groups is 1. The highest BCUT2D eigenvalue weighted by molar-refractivity contribution is 14.1. The molecule has 0 radical (unpaired) electrons. The number of hydrogen-bond donors (Lipinski definition) is 0. The Hall–Kier alpha value is 0.740. The number of alkyl halides is 3. The molecule has 2 heterocycles. The van der Waals surface area contributed by atoms with Gasteiger partial charge in [0.1, 0.15) is 6.04 Å². The van der Waals surface area contributed by atoms with Crippen LogP contribution < -0.4 is 0 Å². The van der Waals surface area contributed by atoms with Crippen LogP contribution in [-0.2, 0) is 9.53 Å². The predicted molar refractivity (Wildman–Crippen MR) is 62.9 cm³/mol. The zero-order valence-electron chi connectivity index (χ0n) is 7.38. The Labute approximate surface area is 106 Å². The van der Waals surface area contributed by atoms with E-state index in [-0.39, 0.29) is 24.1 Å². The third kappa shape index (κ3) is 1.74. The molecule has 0 bridgehead atoms. The van der Waals surface area contributed by atoms with Crippen LogP contribution in [0, 0.1) is 0 Å². The van der Waals surface area contributed by atoms with Gasteiger partial charge in [-0.15, -0.1) is 23.2 Å². The average molecular weight is 350 g/mol. The fraction of sp³-hybridized carbons (Fsp3) is 0.875. The fourth-order valence-electron chi connectivity index (χ4n) is 1.97. The van der Waals surface area contributed by atoms with Gasteiger partial charge in [0.15, 0.2) is 9.11 Å². The summed E-state index contributed by atoms with van der Waals surface area (Å²) in [5.74, 6) is 0.107. The molecule has 0 N–H and O–H groups in total. The van der Waals surface area contributed by atoms with E-state index in [9.17, 15) is 4.79 Å². The lowest BCUT2D eigenvalue weighted by Crippen LogP contribution is -2.44. The minimum Gasteiger partial charge on any atom is -0.442 e. The van der Waals surface area contributed by atoms with Gasteiger partial charge < -0.3 is 4.74 Å². The molecule has 0 spiro atoms. The van der Waals surface area contributed by atoms with Crippen molar-refractivity contribution in [2.45, 2.75) is 28.0 Å². The Kier molecular flexibility index (Phi) is 3.17. The Balaban J connectivity index is 2.18. The van der Waals surface area contributed by atoms with Crippen molar-refractivity contribution in [1.29, 1.82) is 0 Å². The summed E-state index contributed by atoms with van der Waals surface area (Å²) in [5, 5.41) is 0. The number of nitrogens with zero attached hydrogens (tertiary/aromatic N) is 1. The second-order valence-corrected chi connectivity index (χ2v) is 7.08. The van der Waals surface area contributed by atoms with E-state index in [2.05, 4.69) is 0 Å². The fourth-order valence-corrected chi connectivity index (χ4v) is 2.76. The molecule has 3 atom stereocenters. The van der Waals surface area contributed by atoms with Crippen LogP contribution in [-0.4, -0.2) is 38.4 Å². The summed E-state index contributed by atoms with van der Waals surface area (Å²) in [4.78, 5) is 13.5. The van der Waals surface area contributed by atoms with Gasteiger partial charge in [-0.2, -0.15) is 0 Å². The summed E-state index contributed by atoms with van der Waals surface area (Å²) in [6.45, 7) is 0.870. The first-order chi connectivity index (χ1) is 6.56. The molecule has 2 aliphatic heterocycles. The van der Waals surface area contributed by atoms with Crippen LogP contribution >= 0.6 is 45.8 Å². The molecule has 0 amide bonds. The molecule has 6 heteroatoms. The van der Waals surface area contributed by atoms with E-state index in [0.29, 0.717) is 0 Å². The van der Waals surface area contributed by atoms with Gasteiger partial charge in [-0.05, 0) is 12.8 Å². The highest BCUT2D eigenvalue weighted by atomic mass is 127. The van der Waals surface area contributed by atoms with Crippen LogP contribution in [0.15, 0.2) is 0 Å². The van der Waals surface area contributed by atoms with Crippen molar-refractivity contribution >= 4 is 51.8 Å². The average Bonchev–Trinajstić information content (AvgIpc) is 2.70. The van der Waals surface area contributed by atoms with Gasteiger partial charge in [-0.3, -0.25) is 9.69 Å². The van der Waals surface area contributed by atoms with E-state index in [1.165, 1.54) is 0 Å². The lowest BCUT2D eigenvalue weighted by Gasteiger charge is -2.29. The van der Waals surface area contributed by atoms with Crippen molar-refractivity contribution in [3.05, 3.63) is 0 Å². The van der Waals surface area contributed by atoms with Gasteiger partial charge in [0, 0.05) is 6.54 Å². The first kappa shape index (κ1) is 11.2. The van der Waals surface area contributed by atoms with Crippen LogP contribution in [0.4, 0.5) is 0 Å². The molecule has 0 aromatic rings. The molecule has 0 saturated carbocycles. The molecular formula is C8H10Cl2INO2. The molecule has 0 aliphatic carbocycles. The third-order valence-electron chi connectivity index (χ3n) is 2.63. The third-order valence-corrected chi connectivity index (χ3v) is 4.88. The van der Waals surface area contributed by atoms with E-state index in [1.54, 1.807) is 0 Å². The quantitative estimate of drug-likeness (QED) is 0.433. The molecule has 2 aliphatic rings. The number of ether oxygens (including phenoxy) is 1. The van der Waals surface area contributed by atoms with Gasteiger partial charge in [-0.25, -0.2) is 0 Å². The molecular weight excluding hydrogens is 340 g/mol. The van der Waals surface area contributed by atoms with E-state index >= 15 is 0 Å². The van der Waals surface area contributed by atoms with E-state index in [0.717, 1.165) is 19.4 Å². The maximum absolute atomic E-state index is 11.5. The minimum absolute atomic E-state index is 0.0869. The molecule has 2 rings (SSSR count).